The van der Waals surface area contributed by atoms with Gasteiger partial charge in [0.15, 0.2) is 0 Å². The molecule has 1 aliphatic rings. The van der Waals surface area contributed by atoms with Crippen molar-refractivity contribution in [3.63, 3.8) is 0 Å². The number of nitrogens with one attached hydrogen (secondary N) is 1. The second-order valence-electron chi connectivity index (χ2n) is 10.1. The highest BCUT2D eigenvalue weighted by Gasteiger charge is 2.66. The highest BCUT2D eigenvalue weighted by molar-refractivity contribution is 5.97. The van der Waals surface area contributed by atoms with E-state index in [0.29, 0.717) is 12.2 Å². The Labute approximate surface area is 173 Å². The second-order valence-corrected chi connectivity index (χ2v) is 10.1. The number of ether oxygens (including phenoxy) is 1. The predicted octanol–water partition coefficient (Wildman–Crippen LogP) is 5.95. The van der Waals surface area contributed by atoms with Gasteiger partial charge < -0.3 is 9.72 Å². The molecule has 0 bridgehead atoms. The monoisotopic (exact) mass is 389 g/mol. The average molecular weight is 390 g/mol. The fraction of sp³-hybridized carbons (Fsp3) is 0.423. The number of H-pyrrole nitrogens is 1. The van der Waals surface area contributed by atoms with Crippen LogP contribution >= 0.6 is 0 Å². The van der Waals surface area contributed by atoms with Crippen LogP contribution in [0.15, 0.2) is 48.5 Å². The number of fused-ring (bicyclic) bond motifs is 1. The van der Waals surface area contributed by atoms with Gasteiger partial charge in [-0.15, -0.1) is 0 Å². The van der Waals surface area contributed by atoms with Crippen molar-refractivity contribution in [3.05, 3.63) is 65.4 Å². The van der Waals surface area contributed by atoms with Gasteiger partial charge in [0.2, 0.25) is 0 Å². The lowest BCUT2D eigenvalue weighted by atomic mass is 9.81. The highest BCUT2D eigenvalue weighted by atomic mass is 16.5. The van der Waals surface area contributed by atoms with Crippen molar-refractivity contribution in [2.45, 2.75) is 58.3 Å². The fourth-order valence-electron chi connectivity index (χ4n) is 4.66. The summed E-state index contributed by atoms with van der Waals surface area (Å²) >= 11 is 0. The van der Waals surface area contributed by atoms with E-state index in [0.717, 1.165) is 28.8 Å². The largest absolute Gasteiger partial charge is 0.497 e. The Balaban J connectivity index is 1.63. The van der Waals surface area contributed by atoms with Gasteiger partial charge in [0.05, 0.1) is 12.5 Å². The van der Waals surface area contributed by atoms with Crippen LogP contribution < -0.4 is 4.74 Å². The van der Waals surface area contributed by atoms with Crippen LogP contribution in [0.2, 0.25) is 0 Å². The van der Waals surface area contributed by atoms with Crippen molar-refractivity contribution in [3.8, 4) is 5.75 Å². The molecule has 4 rings (SSSR count). The first-order valence-electron chi connectivity index (χ1n) is 10.4. The summed E-state index contributed by atoms with van der Waals surface area (Å²) in [6.07, 6.45) is 1.35. The summed E-state index contributed by atoms with van der Waals surface area (Å²) in [4.78, 5) is 17.0. The van der Waals surface area contributed by atoms with E-state index in [-0.39, 0.29) is 10.8 Å². The maximum Gasteiger partial charge on any atom is 0.148 e. The van der Waals surface area contributed by atoms with Gasteiger partial charge in [0, 0.05) is 23.0 Å². The maximum atomic E-state index is 13.5. The first kappa shape index (κ1) is 19.8. The Hall–Kier alpha value is -2.55. The summed E-state index contributed by atoms with van der Waals surface area (Å²) in [6.45, 7) is 11.0. The Morgan fingerprint density at radius 1 is 1.07 bits per heavy atom. The average Bonchev–Trinajstić information content (AvgIpc) is 3.03. The van der Waals surface area contributed by atoms with Crippen molar-refractivity contribution >= 4 is 16.7 Å². The van der Waals surface area contributed by atoms with Crippen LogP contribution in [0.3, 0.4) is 0 Å². The van der Waals surface area contributed by atoms with Gasteiger partial charge >= 0.3 is 0 Å². The molecule has 3 heteroatoms. The summed E-state index contributed by atoms with van der Waals surface area (Å²) in [5.41, 5.74) is 4.19. The van der Waals surface area contributed by atoms with Crippen LogP contribution in [0.4, 0.5) is 0 Å². The Bertz CT molecular complexity index is 1070. The lowest BCUT2D eigenvalue weighted by molar-refractivity contribution is -0.121. The summed E-state index contributed by atoms with van der Waals surface area (Å²) in [5.74, 6) is 1.13. The molecule has 0 spiro atoms. The van der Waals surface area contributed by atoms with Gasteiger partial charge in [-0.05, 0) is 58.7 Å². The molecule has 0 saturated heterocycles. The third kappa shape index (κ3) is 3.27. The lowest BCUT2D eigenvalue weighted by Crippen LogP contribution is -2.27. The molecule has 29 heavy (non-hydrogen) atoms. The summed E-state index contributed by atoms with van der Waals surface area (Å²) in [7, 11) is 1.67. The van der Waals surface area contributed by atoms with Gasteiger partial charge in [-0.25, -0.2) is 0 Å². The molecule has 1 atom stereocenters. The topological polar surface area (TPSA) is 42.1 Å². The van der Waals surface area contributed by atoms with Crippen molar-refractivity contribution in [2.24, 2.45) is 5.41 Å². The number of carbonyl (C=O) groups excluding carboxylic acids is 1. The molecule has 1 aliphatic carbocycles. The molecular weight excluding hydrogens is 358 g/mol. The Morgan fingerprint density at radius 3 is 2.28 bits per heavy atom. The zero-order valence-corrected chi connectivity index (χ0v) is 18.3. The van der Waals surface area contributed by atoms with Crippen LogP contribution in [0.5, 0.6) is 5.75 Å². The number of aromatic nitrogens is 1. The standard InChI is InChI=1S/C26H31NO2/c1-24(2,3)22-15-18-13-17(7-12-21(18)27-22)14-23(28)26(16-25(26,4)5)19-8-10-20(29-6)11-9-19/h7-13,15,27H,14,16H2,1-6H3. The fourth-order valence-corrected chi connectivity index (χ4v) is 4.66. The normalized spacial score (nSPS) is 20.6. The molecule has 0 aliphatic heterocycles. The van der Waals surface area contributed by atoms with Crippen LogP contribution in [-0.2, 0) is 22.0 Å². The summed E-state index contributed by atoms with van der Waals surface area (Å²) < 4.78 is 5.29. The number of hydrogen-bond donors (Lipinski definition) is 1. The molecule has 2 aromatic carbocycles. The van der Waals surface area contributed by atoms with E-state index < -0.39 is 5.41 Å². The Kier molecular flexibility index (Phi) is 4.41. The van der Waals surface area contributed by atoms with Crippen LogP contribution in [0, 0.1) is 5.41 Å². The molecule has 1 aromatic heterocycles. The van der Waals surface area contributed by atoms with E-state index in [1.807, 2.05) is 12.1 Å². The minimum atomic E-state index is -0.400. The number of ketones is 1. The molecule has 0 radical (unpaired) electrons. The first-order chi connectivity index (χ1) is 13.6. The number of rotatable bonds is 5. The van der Waals surface area contributed by atoms with Gasteiger partial charge in [-0.2, -0.15) is 0 Å². The van der Waals surface area contributed by atoms with E-state index in [1.54, 1.807) is 7.11 Å². The molecule has 1 unspecified atom stereocenters. The van der Waals surface area contributed by atoms with E-state index in [1.165, 1.54) is 11.1 Å². The van der Waals surface area contributed by atoms with Gasteiger partial charge in [0.25, 0.3) is 0 Å². The predicted molar refractivity (Wildman–Crippen MR) is 119 cm³/mol. The number of benzene rings is 2. The molecule has 1 N–H and O–H groups in total. The Morgan fingerprint density at radius 2 is 1.72 bits per heavy atom. The van der Waals surface area contributed by atoms with E-state index in [4.69, 9.17) is 4.74 Å². The lowest BCUT2D eigenvalue weighted by Gasteiger charge is -2.20. The molecule has 3 nitrogen and oxygen atoms in total. The van der Waals surface area contributed by atoms with Crippen molar-refractivity contribution in [1.29, 1.82) is 0 Å². The summed E-state index contributed by atoms with van der Waals surface area (Å²) in [6, 6.07) is 16.6. The zero-order valence-electron chi connectivity index (χ0n) is 18.3. The van der Waals surface area contributed by atoms with E-state index in [9.17, 15) is 4.79 Å². The molecule has 1 fully saturated rings. The quantitative estimate of drug-likeness (QED) is 0.585. The maximum absolute atomic E-state index is 13.5. The smallest absolute Gasteiger partial charge is 0.148 e. The van der Waals surface area contributed by atoms with E-state index >= 15 is 0 Å². The SMILES string of the molecule is COc1ccc(C2(C(=O)Cc3ccc4[nH]c(C(C)(C)C)cc4c3)CC2(C)C)cc1. The number of hydrogen-bond acceptors (Lipinski definition) is 2. The summed E-state index contributed by atoms with van der Waals surface area (Å²) in [5, 5.41) is 1.17. The molecular formula is C26H31NO2. The van der Waals surface area contributed by atoms with Crippen LogP contribution in [-0.4, -0.2) is 17.9 Å². The number of methoxy groups -OCH3 is 1. The number of carbonyl (C=O) groups is 1. The number of Topliss-reactive ketones (excluding diaryl/α,β-unsaturated/α-hetero) is 1. The molecule has 0 amide bonds. The van der Waals surface area contributed by atoms with Crippen molar-refractivity contribution < 1.29 is 9.53 Å². The second kappa shape index (κ2) is 6.48. The third-order valence-electron chi connectivity index (χ3n) is 6.65. The molecule has 152 valence electrons. The zero-order chi connectivity index (χ0) is 21.0. The number of aromatic amines is 1. The van der Waals surface area contributed by atoms with Gasteiger partial charge in [-0.1, -0.05) is 52.8 Å². The van der Waals surface area contributed by atoms with E-state index in [2.05, 4.69) is 76.0 Å². The molecule has 1 saturated carbocycles. The minimum Gasteiger partial charge on any atom is -0.497 e. The highest BCUT2D eigenvalue weighted by Crippen LogP contribution is 2.65. The van der Waals surface area contributed by atoms with Crippen LogP contribution in [0.25, 0.3) is 10.9 Å². The minimum absolute atomic E-state index is 0.0176. The molecule has 1 heterocycles. The first-order valence-corrected chi connectivity index (χ1v) is 10.4. The van der Waals surface area contributed by atoms with Crippen LogP contribution in [0.1, 0.15) is 57.9 Å². The van der Waals surface area contributed by atoms with Gasteiger partial charge in [-0.3, -0.25) is 4.79 Å². The third-order valence-corrected chi connectivity index (χ3v) is 6.65. The van der Waals surface area contributed by atoms with Crippen molar-refractivity contribution in [1.82, 2.24) is 4.98 Å². The van der Waals surface area contributed by atoms with Crippen molar-refractivity contribution in [2.75, 3.05) is 7.11 Å². The van der Waals surface area contributed by atoms with Gasteiger partial charge in [0.1, 0.15) is 11.5 Å². The molecule has 3 aromatic rings.